The fourth-order valence-corrected chi connectivity index (χ4v) is 12.8. The van der Waals surface area contributed by atoms with Gasteiger partial charge in [0.05, 0.1) is 51.8 Å². The second kappa shape index (κ2) is 35.7. The molecule has 0 spiro atoms. The zero-order chi connectivity index (χ0) is 78.2. The summed E-state index contributed by atoms with van der Waals surface area (Å²) in [4.78, 5) is 50.0. The highest BCUT2D eigenvalue weighted by Crippen LogP contribution is 2.44. The summed E-state index contributed by atoms with van der Waals surface area (Å²) in [5.74, 6) is -15.7. The number of carbonyl (C=O) groups is 4. The van der Waals surface area contributed by atoms with Crippen LogP contribution in [0.3, 0.4) is 0 Å². The van der Waals surface area contributed by atoms with E-state index in [9.17, 15) is 177 Å². The van der Waals surface area contributed by atoms with E-state index in [1.165, 1.54) is 0 Å². The van der Waals surface area contributed by atoms with Gasteiger partial charge in [-0.25, -0.2) is 19.2 Å². The number of aliphatic carboxylic acids is 4. The van der Waals surface area contributed by atoms with E-state index in [-0.39, 0.29) is 0 Å². The van der Waals surface area contributed by atoms with E-state index in [4.69, 9.17) is 71.1 Å². The third kappa shape index (κ3) is 18.1. The van der Waals surface area contributed by atoms with Gasteiger partial charge in [-0.3, -0.25) is 0 Å². The summed E-state index contributed by atoms with van der Waals surface area (Å²) >= 11 is 0. The quantitative estimate of drug-likeness (QED) is 0.0331. The predicted octanol–water partition coefficient (Wildman–Crippen LogP) is -20.5. The van der Waals surface area contributed by atoms with Crippen LogP contribution in [0.4, 0.5) is 0 Å². The molecule has 43 atom stereocenters. The lowest BCUT2D eigenvalue weighted by Crippen LogP contribution is -2.71. The summed E-state index contributed by atoms with van der Waals surface area (Å²) in [6, 6.07) is 0. The summed E-state index contributed by atoms with van der Waals surface area (Å²) in [7, 11) is 0. The molecule has 0 radical (unpaired) electrons. The van der Waals surface area contributed by atoms with Crippen LogP contribution in [0.1, 0.15) is 12.8 Å². The highest BCUT2D eigenvalue weighted by atomic mass is 16.8. The maximum Gasteiger partial charge on any atom is 0.364 e. The predicted molar refractivity (Wildman–Crippen MR) is 306 cm³/mol. The van der Waals surface area contributed by atoms with Gasteiger partial charge in [-0.1, -0.05) is 0 Å². The summed E-state index contributed by atoms with van der Waals surface area (Å²) in [6.45, 7) is -8.15. The molecule has 8 saturated heterocycles. The number of ether oxygens (including phenoxy) is 15. The van der Waals surface area contributed by atoms with Crippen LogP contribution in [-0.2, 0) is 90.2 Å². The normalized spacial score (nSPS) is 48.6. The Morgan fingerprint density at radius 1 is 0.362 bits per heavy atom. The van der Waals surface area contributed by atoms with Crippen LogP contribution in [0.2, 0.25) is 0 Å². The Morgan fingerprint density at radius 3 is 1.27 bits per heavy atom. The molecule has 0 aromatic heterocycles. The van der Waals surface area contributed by atoms with Crippen LogP contribution in [0.25, 0.3) is 0 Å². The third-order valence-corrected chi connectivity index (χ3v) is 18.7. The summed E-state index contributed by atoms with van der Waals surface area (Å²) in [5, 5.41) is 337. The first-order chi connectivity index (χ1) is 49.1. The molecule has 31 N–H and O–H groups in total. The molecule has 608 valence electrons. The second-order valence-corrected chi connectivity index (χ2v) is 25.9. The van der Waals surface area contributed by atoms with Crippen LogP contribution in [0.15, 0.2) is 0 Å². The smallest absolute Gasteiger partial charge is 0.364 e. The zero-order valence-corrected chi connectivity index (χ0v) is 53.9. The average Bonchev–Trinajstić information content (AvgIpc) is 0.746. The van der Waals surface area contributed by atoms with Gasteiger partial charge in [0, 0.05) is 12.8 Å². The number of rotatable bonds is 29. The van der Waals surface area contributed by atoms with Gasteiger partial charge in [-0.15, -0.1) is 0 Å². The van der Waals surface area contributed by atoms with Gasteiger partial charge in [0.25, 0.3) is 11.6 Å². The lowest BCUT2D eigenvalue weighted by molar-refractivity contribution is -0.416. The molecule has 8 rings (SSSR count). The molecule has 8 aliphatic rings. The number of hydrogen-bond acceptors (Lipinski definition) is 46. The molecule has 0 aromatic carbocycles. The van der Waals surface area contributed by atoms with E-state index in [1.54, 1.807) is 0 Å². The van der Waals surface area contributed by atoms with Crippen LogP contribution in [-0.4, -0.2) is 485 Å². The van der Waals surface area contributed by atoms with Gasteiger partial charge < -0.3 is 229 Å². The Hall–Kier alpha value is -3.80. The molecule has 8 fully saturated rings. The molecule has 0 aliphatic carbocycles. The molecule has 50 heteroatoms. The molecule has 105 heavy (non-hydrogen) atoms. The van der Waals surface area contributed by atoms with E-state index < -0.39 is 339 Å². The molecular weight excluding hydrogens is 1460 g/mol. The van der Waals surface area contributed by atoms with E-state index in [2.05, 4.69) is 0 Å². The molecule has 0 saturated carbocycles. The topological polar surface area (TPSA) is 834 Å². The molecule has 8 heterocycles. The van der Waals surface area contributed by atoms with Crippen molar-refractivity contribution in [3.8, 4) is 0 Å². The number of aliphatic hydroxyl groups excluding tert-OH is 26. The summed E-state index contributed by atoms with van der Waals surface area (Å²) in [5.41, 5.74) is 0. The lowest BCUT2D eigenvalue weighted by Gasteiger charge is -2.53. The highest BCUT2D eigenvalue weighted by Gasteiger charge is 2.64. The van der Waals surface area contributed by atoms with Crippen LogP contribution < -0.4 is 0 Å². The van der Waals surface area contributed by atoms with E-state index in [1.807, 2.05) is 0 Å². The molecule has 50 nitrogen and oxygen atoms in total. The largest absolute Gasteiger partial charge is 0.479 e. The average molecular weight is 1550 g/mol. The maximum absolute atomic E-state index is 13.3. The first-order valence-corrected chi connectivity index (χ1v) is 32.0. The minimum atomic E-state index is -3.69. The van der Waals surface area contributed by atoms with Gasteiger partial charge in [0.2, 0.25) is 0 Å². The van der Waals surface area contributed by atoms with Crippen molar-refractivity contribution in [3.63, 3.8) is 0 Å². The Morgan fingerprint density at radius 2 is 0.762 bits per heavy atom. The Labute approximate surface area is 586 Å². The monoisotopic (exact) mass is 1550 g/mol. The van der Waals surface area contributed by atoms with Gasteiger partial charge in [-0.05, 0) is 0 Å². The third-order valence-electron chi connectivity index (χ3n) is 18.7. The van der Waals surface area contributed by atoms with Crippen molar-refractivity contribution < 1.29 is 249 Å². The lowest BCUT2D eigenvalue weighted by atomic mass is 9.89. The van der Waals surface area contributed by atoms with E-state index >= 15 is 0 Å². The second-order valence-electron chi connectivity index (χ2n) is 25.9. The molecule has 0 aromatic rings. The zero-order valence-electron chi connectivity index (χ0n) is 53.9. The fraction of sp³-hybridized carbons (Fsp3) is 0.927. The molecule has 0 amide bonds. The minimum Gasteiger partial charge on any atom is -0.479 e. The van der Waals surface area contributed by atoms with E-state index in [0.29, 0.717) is 0 Å². The fourth-order valence-electron chi connectivity index (χ4n) is 12.8. The van der Waals surface area contributed by atoms with Crippen LogP contribution >= 0.6 is 0 Å². The summed E-state index contributed by atoms with van der Waals surface area (Å²) in [6.07, 6.45) is -104. The van der Waals surface area contributed by atoms with E-state index in [0.717, 1.165) is 0 Å². The van der Waals surface area contributed by atoms with Crippen molar-refractivity contribution in [2.75, 3.05) is 39.6 Å². The first kappa shape index (κ1) is 86.8. The number of hydrogen-bond donors (Lipinski definition) is 31. The van der Waals surface area contributed by atoms with Crippen LogP contribution in [0, 0.1) is 0 Å². The molecule has 8 aliphatic heterocycles. The van der Waals surface area contributed by atoms with Gasteiger partial charge in [-0.2, -0.15) is 0 Å². The SMILES string of the molecule is O=C(O)[C@H]1O[C@@H](OC[C@H](O)[C@H]2O[C@H](OC[C@H](O)[C@H]3O[C@H](O[C@@H]4[C@H](O)[C@@H](O[C@H]5[C@@H]([C@H](O)CO)O[C@@](O)(C(=O)O)C[C@H]5O[C@]5(C(=O)O)C[C@@H](O)[C@@H](O)[C@@H]([C@H](O)CO)O5)O[C@H]([C@@H](O)CO)[C@H]4O[C@@H]4O[C@H](CO)[C@@H](O)[C@H](O)[C@H]4O)[C@@H](O)[C@@H](O[C@H]4O[C@H](C(=O)O)[C@H](O)[C@H](O)[C@H]4O)[C@@H]3O)[C@@H](O)[C@@H](O)[C@@H]2O)[C@H](O)[C@@H](O)[C@H]1O. The molecular formula is C55H88O50. The first-order valence-electron chi connectivity index (χ1n) is 32.0. The Bertz CT molecular complexity index is 2820. The number of carboxylic acid groups (broad SMARTS) is 4. The number of aliphatic hydroxyl groups is 27. The number of carboxylic acids is 4. The van der Waals surface area contributed by atoms with Crippen LogP contribution in [0.5, 0.6) is 0 Å². The summed E-state index contributed by atoms with van der Waals surface area (Å²) < 4.78 is 83.9. The Balaban J connectivity index is 1.18. The highest BCUT2D eigenvalue weighted by molar-refractivity contribution is 5.77. The van der Waals surface area contributed by atoms with Crippen molar-refractivity contribution in [1.29, 1.82) is 0 Å². The standard InChI is InChI=1S/C55H88O50/c56-3-10(61)35-17(66)9(60)1-55(105-35,53(88)89)103-15-2-54(90,52(86)87)104-37(12(63)5-58)38(15)97-51-32(81)40(43(36(96-51)11(62)4-57)102-48-28(77)19(68)18(67)16(6-59)93-48)99-50-31(80)39(98-49-29(78)22(71)25(74)42(101-49)45(84)85)30(79)34(95-50)14(65)8-91-46-26(75)20(69)23(72)33(94-46)13(64)7-92-47-27(76)21(70)24(73)41(100-47)44(82)83/h9-43,46-51,56-81,90H,1-8H2,(H,82,83)(H,84,85)(H,86,87)(H,88,89)/t9-,10-,11+,12-,13+,14+,15-,16-,17-,18-,19+,20+,21+,22+,23+,24-,25-,26+,27-,28-,29-,30-,31+,32+,33-,34-,35-,36-,37-,38-,39+,40-,41+,42+,43-,46+,47-,48+,49+,50-,51-,54-,55-/m1/s1. The minimum absolute atomic E-state index is 1.16. The van der Waals surface area contributed by atoms with Crippen molar-refractivity contribution >= 4 is 23.9 Å². The molecule has 0 unspecified atom stereocenters. The maximum atomic E-state index is 13.3. The van der Waals surface area contributed by atoms with Gasteiger partial charge in [0.1, 0.15) is 189 Å². The van der Waals surface area contributed by atoms with Crippen molar-refractivity contribution in [2.24, 2.45) is 0 Å². The van der Waals surface area contributed by atoms with Crippen molar-refractivity contribution in [3.05, 3.63) is 0 Å². The Kier molecular flexibility index (Phi) is 29.5. The van der Waals surface area contributed by atoms with Gasteiger partial charge >= 0.3 is 23.9 Å². The van der Waals surface area contributed by atoms with Gasteiger partial charge in [0.15, 0.2) is 49.9 Å². The van der Waals surface area contributed by atoms with Crippen molar-refractivity contribution in [1.82, 2.24) is 0 Å². The molecule has 0 bridgehead atoms. The van der Waals surface area contributed by atoms with Crippen molar-refractivity contribution in [2.45, 2.75) is 276 Å².